The zero-order valence-corrected chi connectivity index (χ0v) is 14.0. The van der Waals surface area contributed by atoms with Crippen LogP contribution < -0.4 is 9.46 Å². The molecule has 0 amide bonds. The maximum atomic E-state index is 12.2. The molecule has 0 spiro atoms. The van der Waals surface area contributed by atoms with Crippen molar-refractivity contribution in [3.8, 4) is 5.75 Å². The third kappa shape index (κ3) is 5.65. The Hall–Kier alpha value is -1.11. The normalized spacial score (nSPS) is 12.4. The summed E-state index contributed by atoms with van der Waals surface area (Å²) in [6, 6.07) is 4.52. The molecule has 1 aromatic rings. The van der Waals surface area contributed by atoms with E-state index in [9.17, 15) is 13.5 Å². The highest BCUT2D eigenvalue weighted by atomic mass is 32.2. The lowest BCUT2D eigenvalue weighted by Crippen LogP contribution is -2.27. The van der Waals surface area contributed by atoms with Gasteiger partial charge in [0.2, 0.25) is 10.0 Å². The van der Waals surface area contributed by atoms with Gasteiger partial charge < -0.3 is 9.84 Å². The first kappa shape index (κ1) is 17.9. The monoisotopic (exact) mass is 315 g/mol. The summed E-state index contributed by atoms with van der Waals surface area (Å²) in [7, 11) is -3.56. The van der Waals surface area contributed by atoms with Crippen LogP contribution in [0.5, 0.6) is 5.75 Å². The van der Waals surface area contributed by atoms with Gasteiger partial charge in [-0.3, -0.25) is 0 Å². The Balaban J connectivity index is 2.88. The molecular formula is C15H25NO4S. The maximum Gasteiger partial charge on any atom is 0.240 e. The minimum absolute atomic E-state index is 0.0671. The van der Waals surface area contributed by atoms with Crippen molar-refractivity contribution in [2.75, 3.05) is 13.2 Å². The van der Waals surface area contributed by atoms with Crippen molar-refractivity contribution in [2.24, 2.45) is 5.41 Å². The number of nitrogens with one attached hydrogen (secondary N) is 1. The van der Waals surface area contributed by atoms with Gasteiger partial charge in [-0.05, 0) is 37.0 Å². The molecular weight excluding hydrogens is 290 g/mol. The maximum absolute atomic E-state index is 12.2. The van der Waals surface area contributed by atoms with E-state index in [4.69, 9.17) is 4.74 Å². The van der Waals surface area contributed by atoms with Crippen LogP contribution in [0.4, 0.5) is 0 Å². The predicted molar refractivity (Wildman–Crippen MR) is 82.8 cm³/mol. The molecule has 0 radical (unpaired) electrons. The number of rotatable bonds is 7. The number of hydrogen-bond acceptors (Lipinski definition) is 4. The summed E-state index contributed by atoms with van der Waals surface area (Å²) in [6.07, 6.45) is 0.746. The van der Waals surface area contributed by atoms with Gasteiger partial charge in [0.1, 0.15) is 5.75 Å². The highest BCUT2D eigenvalue weighted by Crippen LogP contribution is 2.23. The third-order valence-electron chi connectivity index (χ3n) is 2.98. The molecule has 5 nitrogen and oxygen atoms in total. The van der Waals surface area contributed by atoms with Gasteiger partial charge in [-0.1, -0.05) is 20.8 Å². The molecule has 6 heteroatoms. The summed E-state index contributed by atoms with van der Waals surface area (Å²) >= 11 is 0. The molecule has 0 aliphatic carbocycles. The lowest BCUT2D eigenvalue weighted by molar-refractivity contribution is 0.266. The topological polar surface area (TPSA) is 75.6 Å². The molecule has 0 heterocycles. The van der Waals surface area contributed by atoms with Gasteiger partial charge in [0.25, 0.3) is 0 Å². The average molecular weight is 315 g/mol. The molecule has 0 aromatic heterocycles. The number of aliphatic hydroxyl groups excluding tert-OH is 1. The minimum atomic E-state index is -3.56. The van der Waals surface area contributed by atoms with Gasteiger partial charge in [0, 0.05) is 12.1 Å². The largest absolute Gasteiger partial charge is 0.494 e. The highest BCUT2D eigenvalue weighted by Gasteiger charge is 2.18. The first-order valence-corrected chi connectivity index (χ1v) is 8.54. The molecule has 2 N–H and O–H groups in total. The summed E-state index contributed by atoms with van der Waals surface area (Å²) in [5, 5.41) is 9.32. The smallest absolute Gasteiger partial charge is 0.240 e. The van der Waals surface area contributed by atoms with Crippen LogP contribution in [-0.2, 0) is 16.6 Å². The number of benzene rings is 1. The molecule has 120 valence electrons. The molecule has 0 aliphatic rings. The van der Waals surface area contributed by atoms with Gasteiger partial charge in [-0.15, -0.1) is 0 Å². The van der Waals surface area contributed by atoms with E-state index >= 15 is 0 Å². The Morgan fingerprint density at radius 2 is 1.95 bits per heavy atom. The van der Waals surface area contributed by atoms with Crippen LogP contribution in [0.2, 0.25) is 0 Å². The molecule has 0 saturated carbocycles. The Morgan fingerprint density at radius 3 is 2.48 bits per heavy atom. The van der Waals surface area contributed by atoms with Crippen molar-refractivity contribution in [1.29, 1.82) is 0 Å². The number of hydrogen-bond donors (Lipinski definition) is 2. The fraction of sp³-hybridized carbons (Fsp3) is 0.600. The van der Waals surface area contributed by atoms with E-state index in [0.717, 1.165) is 6.42 Å². The van der Waals surface area contributed by atoms with Crippen molar-refractivity contribution in [3.05, 3.63) is 23.8 Å². The fourth-order valence-electron chi connectivity index (χ4n) is 1.79. The molecule has 1 aromatic carbocycles. The lowest BCUT2D eigenvalue weighted by atomic mass is 9.93. The molecule has 0 aliphatic heterocycles. The Morgan fingerprint density at radius 1 is 1.29 bits per heavy atom. The molecule has 0 fully saturated rings. The van der Waals surface area contributed by atoms with Crippen molar-refractivity contribution in [2.45, 2.75) is 45.6 Å². The Labute approximate surface area is 127 Å². The zero-order valence-electron chi connectivity index (χ0n) is 13.1. The number of aliphatic hydroxyl groups is 1. The Kier molecular flexibility index (Phi) is 6.19. The fourth-order valence-corrected chi connectivity index (χ4v) is 2.87. The molecule has 0 bridgehead atoms. The van der Waals surface area contributed by atoms with E-state index < -0.39 is 10.0 Å². The second kappa shape index (κ2) is 7.24. The molecule has 0 unspecified atom stereocenters. The molecule has 1 rings (SSSR count). The van der Waals surface area contributed by atoms with Crippen molar-refractivity contribution < 1.29 is 18.3 Å². The summed E-state index contributed by atoms with van der Waals surface area (Å²) in [5.74, 6) is 0.508. The van der Waals surface area contributed by atoms with E-state index in [1.54, 1.807) is 6.07 Å². The first-order chi connectivity index (χ1) is 9.69. The van der Waals surface area contributed by atoms with E-state index in [1.165, 1.54) is 12.1 Å². The van der Waals surface area contributed by atoms with Gasteiger partial charge in [0.15, 0.2) is 0 Å². The molecule has 0 saturated heterocycles. The quantitative estimate of drug-likeness (QED) is 0.809. The number of ether oxygens (including phenoxy) is 1. The van der Waals surface area contributed by atoms with Crippen LogP contribution in [0.25, 0.3) is 0 Å². The Bertz CT molecular complexity index is 562. The SMILES string of the molecule is CCOc1ccc(S(=O)(=O)NCCC(C)(C)C)cc1CO. The van der Waals surface area contributed by atoms with Crippen LogP contribution >= 0.6 is 0 Å². The van der Waals surface area contributed by atoms with Crippen LogP contribution in [0.15, 0.2) is 23.1 Å². The van der Waals surface area contributed by atoms with Crippen LogP contribution in [0.3, 0.4) is 0 Å². The van der Waals surface area contributed by atoms with E-state index in [0.29, 0.717) is 24.5 Å². The van der Waals surface area contributed by atoms with Gasteiger partial charge >= 0.3 is 0 Å². The van der Waals surface area contributed by atoms with E-state index in [-0.39, 0.29) is 16.9 Å². The second-order valence-corrected chi connectivity index (χ2v) is 7.84. The van der Waals surface area contributed by atoms with Gasteiger partial charge in [-0.25, -0.2) is 13.1 Å². The minimum Gasteiger partial charge on any atom is -0.494 e. The predicted octanol–water partition coefficient (Wildman–Crippen LogP) is 2.29. The lowest BCUT2D eigenvalue weighted by Gasteiger charge is -2.18. The van der Waals surface area contributed by atoms with Gasteiger partial charge in [-0.2, -0.15) is 0 Å². The zero-order chi connectivity index (χ0) is 16.1. The summed E-state index contributed by atoms with van der Waals surface area (Å²) in [6.45, 7) is 8.59. The second-order valence-electron chi connectivity index (χ2n) is 6.07. The van der Waals surface area contributed by atoms with Crippen molar-refractivity contribution in [3.63, 3.8) is 0 Å². The number of sulfonamides is 1. The van der Waals surface area contributed by atoms with Crippen LogP contribution in [-0.4, -0.2) is 26.7 Å². The highest BCUT2D eigenvalue weighted by molar-refractivity contribution is 7.89. The molecule has 0 atom stereocenters. The van der Waals surface area contributed by atoms with Crippen LogP contribution in [0.1, 0.15) is 39.7 Å². The van der Waals surface area contributed by atoms with E-state index in [2.05, 4.69) is 25.5 Å². The summed E-state index contributed by atoms with van der Waals surface area (Å²) in [4.78, 5) is 0.143. The van der Waals surface area contributed by atoms with Crippen LogP contribution in [0, 0.1) is 5.41 Å². The standard InChI is InChI=1S/C15H25NO4S/c1-5-20-14-7-6-13(10-12(14)11-17)21(18,19)16-9-8-15(2,3)4/h6-7,10,16-17H,5,8-9,11H2,1-4H3. The first-order valence-electron chi connectivity index (χ1n) is 7.06. The van der Waals surface area contributed by atoms with E-state index in [1.807, 2.05) is 6.92 Å². The van der Waals surface area contributed by atoms with Crippen molar-refractivity contribution in [1.82, 2.24) is 4.72 Å². The summed E-state index contributed by atoms with van der Waals surface area (Å²) < 4.78 is 32.4. The molecule has 21 heavy (non-hydrogen) atoms. The third-order valence-corrected chi connectivity index (χ3v) is 4.44. The van der Waals surface area contributed by atoms with Crippen molar-refractivity contribution >= 4 is 10.0 Å². The average Bonchev–Trinajstić information content (AvgIpc) is 2.37. The van der Waals surface area contributed by atoms with Gasteiger partial charge in [0.05, 0.1) is 18.1 Å². The summed E-state index contributed by atoms with van der Waals surface area (Å²) in [5.41, 5.74) is 0.535.